The monoisotopic (exact) mass is 241 g/mol. The van der Waals surface area contributed by atoms with Gasteiger partial charge in [-0.2, -0.15) is 0 Å². The van der Waals surface area contributed by atoms with Crippen LogP contribution in [-0.2, 0) is 4.74 Å². The van der Waals surface area contributed by atoms with Gasteiger partial charge in [0.1, 0.15) is 16.0 Å². The van der Waals surface area contributed by atoms with Crippen LogP contribution in [0.3, 0.4) is 0 Å². The van der Waals surface area contributed by atoms with E-state index >= 15 is 0 Å². The van der Waals surface area contributed by atoms with Crippen LogP contribution in [0.1, 0.15) is 46.2 Å². The molecule has 0 amide bonds. The first-order chi connectivity index (χ1) is 7.63. The van der Waals surface area contributed by atoms with Crippen molar-refractivity contribution >= 4 is 17.3 Å². The van der Waals surface area contributed by atoms with Crippen molar-refractivity contribution in [1.29, 1.82) is 0 Å². The second-order valence-corrected chi connectivity index (χ2v) is 5.02. The van der Waals surface area contributed by atoms with Gasteiger partial charge in [-0.25, -0.2) is 9.78 Å². The summed E-state index contributed by atoms with van der Waals surface area (Å²) in [7, 11) is 0. The summed E-state index contributed by atoms with van der Waals surface area (Å²) < 4.78 is 5.66. The molecule has 1 aromatic heterocycles. The van der Waals surface area contributed by atoms with E-state index in [1.165, 1.54) is 11.3 Å². The highest BCUT2D eigenvalue weighted by Crippen LogP contribution is 2.44. The first-order valence-corrected chi connectivity index (χ1v) is 6.27. The molecule has 1 fully saturated rings. The van der Waals surface area contributed by atoms with Crippen LogP contribution in [-0.4, -0.2) is 22.7 Å². The van der Waals surface area contributed by atoms with Crippen LogP contribution in [0.5, 0.6) is 0 Å². The van der Waals surface area contributed by atoms with E-state index in [4.69, 9.17) is 9.84 Å². The van der Waals surface area contributed by atoms with Crippen LogP contribution in [0.15, 0.2) is 0 Å². The fourth-order valence-corrected chi connectivity index (χ4v) is 2.77. The standard InChI is InChI=1S/C11H15NO3S/c1-3-15-8(7-4-5-7)10-12-6(2)9(16-10)11(13)14/h7-8H,3-5H2,1-2H3,(H,13,14). The van der Waals surface area contributed by atoms with Gasteiger partial charge in [0.25, 0.3) is 0 Å². The van der Waals surface area contributed by atoms with E-state index in [9.17, 15) is 4.79 Å². The van der Waals surface area contributed by atoms with Gasteiger partial charge in [0.15, 0.2) is 0 Å². The molecule has 0 aromatic carbocycles. The molecule has 0 spiro atoms. The van der Waals surface area contributed by atoms with Crippen LogP contribution >= 0.6 is 11.3 Å². The van der Waals surface area contributed by atoms with Gasteiger partial charge in [-0.15, -0.1) is 11.3 Å². The Morgan fingerprint density at radius 1 is 1.69 bits per heavy atom. The number of nitrogens with zero attached hydrogens (tertiary/aromatic N) is 1. The molecule has 0 saturated heterocycles. The molecular formula is C11H15NO3S. The molecule has 5 heteroatoms. The molecule has 0 aliphatic heterocycles. The fourth-order valence-electron chi connectivity index (χ4n) is 1.72. The lowest BCUT2D eigenvalue weighted by Crippen LogP contribution is -2.05. The molecule has 1 aliphatic rings. The lowest BCUT2D eigenvalue weighted by Gasteiger charge is -2.12. The summed E-state index contributed by atoms with van der Waals surface area (Å²) in [6.07, 6.45) is 2.32. The maximum absolute atomic E-state index is 10.9. The summed E-state index contributed by atoms with van der Waals surface area (Å²) in [6.45, 7) is 4.33. The Bertz CT molecular complexity index is 398. The highest BCUT2D eigenvalue weighted by Gasteiger charge is 2.35. The normalized spacial score (nSPS) is 17.4. The summed E-state index contributed by atoms with van der Waals surface area (Å²) in [6, 6.07) is 0. The van der Waals surface area contributed by atoms with Gasteiger partial charge in [-0.05, 0) is 32.6 Å². The summed E-state index contributed by atoms with van der Waals surface area (Å²) in [5.41, 5.74) is 0.595. The Labute approximate surface area is 98.3 Å². The molecule has 16 heavy (non-hydrogen) atoms. The number of hydrogen-bond donors (Lipinski definition) is 1. The minimum absolute atomic E-state index is 0.00167. The largest absolute Gasteiger partial charge is 0.477 e. The van der Waals surface area contributed by atoms with Gasteiger partial charge < -0.3 is 9.84 Å². The van der Waals surface area contributed by atoms with E-state index in [-0.39, 0.29) is 6.10 Å². The Balaban J connectivity index is 2.23. The van der Waals surface area contributed by atoms with Gasteiger partial charge >= 0.3 is 5.97 Å². The molecule has 1 aliphatic carbocycles. The first kappa shape index (κ1) is 11.5. The van der Waals surface area contributed by atoms with Crippen molar-refractivity contribution in [2.45, 2.75) is 32.8 Å². The van der Waals surface area contributed by atoms with Crippen LogP contribution in [0.2, 0.25) is 0 Å². The third kappa shape index (κ3) is 2.25. The van der Waals surface area contributed by atoms with Crippen LogP contribution in [0, 0.1) is 12.8 Å². The zero-order chi connectivity index (χ0) is 11.7. The molecule has 4 nitrogen and oxygen atoms in total. The van der Waals surface area contributed by atoms with Gasteiger partial charge in [0.2, 0.25) is 0 Å². The predicted octanol–water partition coefficient (Wildman–Crippen LogP) is 2.64. The molecule has 0 radical (unpaired) electrons. The average Bonchev–Trinajstić information content (AvgIpc) is 2.98. The smallest absolute Gasteiger partial charge is 0.347 e. The second-order valence-electron chi connectivity index (χ2n) is 3.99. The second kappa shape index (κ2) is 4.51. The van der Waals surface area contributed by atoms with Gasteiger partial charge in [0, 0.05) is 6.61 Å². The number of carboxylic acid groups (broad SMARTS) is 1. The maximum atomic E-state index is 10.9. The van der Waals surface area contributed by atoms with Crippen molar-refractivity contribution in [2.24, 2.45) is 5.92 Å². The lowest BCUT2D eigenvalue weighted by atomic mass is 10.2. The number of aromatic nitrogens is 1. The van der Waals surface area contributed by atoms with E-state index in [1.807, 2.05) is 6.92 Å². The van der Waals surface area contributed by atoms with Crippen molar-refractivity contribution in [3.05, 3.63) is 15.6 Å². The fraction of sp³-hybridized carbons (Fsp3) is 0.636. The van der Waals surface area contributed by atoms with E-state index in [0.717, 1.165) is 17.8 Å². The van der Waals surface area contributed by atoms with Crippen LogP contribution < -0.4 is 0 Å². The zero-order valence-electron chi connectivity index (χ0n) is 9.40. The van der Waals surface area contributed by atoms with Gasteiger partial charge in [-0.1, -0.05) is 0 Å². The number of aryl methyl sites for hydroxylation is 1. The molecular weight excluding hydrogens is 226 g/mol. The Kier molecular flexibility index (Phi) is 3.25. The molecule has 1 saturated carbocycles. The number of aromatic carboxylic acids is 1. The van der Waals surface area contributed by atoms with Crippen molar-refractivity contribution in [2.75, 3.05) is 6.61 Å². The number of thiazole rings is 1. The number of hydrogen-bond acceptors (Lipinski definition) is 4. The van der Waals surface area contributed by atoms with Gasteiger partial charge in [0.05, 0.1) is 5.69 Å². The Morgan fingerprint density at radius 3 is 2.81 bits per heavy atom. The third-order valence-electron chi connectivity index (χ3n) is 2.65. The minimum Gasteiger partial charge on any atom is -0.477 e. The molecule has 2 rings (SSSR count). The molecule has 88 valence electrons. The molecule has 1 heterocycles. The van der Waals surface area contributed by atoms with E-state index in [2.05, 4.69) is 4.98 Å². The summed E-state index contributed by atoms with van der Waals surface area (Å²) in [4.78, 5) is 15.6. The van der Waals surface area contributed by atoms with E-state index in [0.29, 0.717) is 23.1 Å². The molecule has 1 atom stereocenters. The Hall–Kier alpha value is -0.940. The molecule has 1 aromatic rings. The van der Waals surface area contributed by atoms with E-state index < -0.39 is 5.97 Å². The highest BCUT2D eigenvalue weighted by atomic mass is 32.1. The van der Waals surface area contributed by atoms with Crippen molar-refractivity contribution < 1.29 is 14.6 Å². The minimum atomic E-state index is -0.896. The number of carboxylic acids is 1. The topological polar surface area (TPSA) is 59.4 Å². The van der Waals surface area contributed by atoms with Crippen LogP contribution in [0.4, 0.5) is 0 Å². The Morgan fingerprint density at radius 2 is 2.38 bits per heavy atom. The average molecular weight is 241 g/mol. The van der Waals surface area contributed by atoms with Crippen molar-refractivity contribution in [3.8, 4) is 0 Å². The summed E-state index contributed by atoms with van der Waals surface area (Å²) in [5.74, 6) is -0.362. The van der Waals surface area contributed by atoms with Gasteiger partial charge in [-0.3, -0.25) is 0 Å². The zero-order valence-corrected chi connectivity index (χ0v) is 10.2. The highest BCUT2D eigenvalue weighted by molar-refractivity contribution is 7.13. The predicted molar refractivity (Wildman–Crippen MR) is 60.9 cm³/mol. The lowest BCUT2D eigenvalue weighted by molar-refractivity contribution is 0.0461. The number of ether oxygens (including phenoxy) is 1. The number of rotatable bonds is 5. The SMILES string of the molecule is CCOC(c1nc(C)c(C(=O)O)s1)C1CC1. The third-order valence-corrected chi connectivity index (χ3v) is 3.85. The van der Waals surface area contributed by atoms with Crippen molar-refractivity contribution in [1.82, 2.24) is 4.98 Å². The number of carbonyl (C=O) groups is 1. The summed E-state index contributed by atoms with van der Waals surface area (Å²) in [5, 5.41) is 9.79. The summed E-state index contributed by atoms with van der Waals surface area (Å²) >= 11 is 1.25. The van der Waals surface area contributed by atoms with Crippen molar-refractivity contribution in [3.63, 3.8) is 0 Å². The molecule has 1 unspecified atom stereocenters. The molecule has 0 bridgehead atoms. The quantitative estimate of drug-likeness (QED) is 0.861. The first-order valence-electron chi connectivity index (χ1n) is 5.45. The van der Waals surface area contributed by atoms with Crippen LogP contribution in [0.25, 0.3) is 0 Å². The molecule has 1 N–H and O–H groups in total. The van der Waals surface area contributed by atoms with E-state index in [1.54, 1.807) is 6.92 Å². The maximum Gasteiger partial charge on any atom is 0.347 e.